The Morgan fingerprint density at radius 3 is 2.50 bits per heavy atom. The standard InChI is InChI=1S/C16H25NO/c1-11(2)7-15(10-17)16(18)9-14-8-12(3)5-6-13(14)4/h5-6,8,11,15H,7,9-10,17H2,1-4H3. The summed E-state index contributed by atoms with van der Waals surface area (Å²) >= 11 is 0. The number of ketones is 1. The maximum atomic E-state index is 12.3. The van der Waals surface area contributed by atoms with E-state index in [0.717, 1.165) is 12.0 Å². The minimum Gasteiger partial charge on any atom is -0.330 e. The van der Waals surface area contributed by atoms with Crippen molar-refractivity contribution in [1.29, 1.82) is 0 Å². The number of hydrogen-bond donors (Lipinski definition) is 1. The molecule has 1 aromatic carbocycles. The molecule has 0 aliphatic heterocycles. The van der Waals surface area contributed by atoms with Gasteiger partial charge in [-0.1, -0.05) is 37.6 Å². The molecule has 0 aliphatic carbocycles. The third kappa shape index (κ3) is 4.26. The van der Waals surface area contributed by atoms with E-state index in [-0.39, 0.29) is 11.7 Å². The molecule has 0 spiro atoms. The first-order valence-corrected chi connectivity index (χ1v) is 6.73. The first-order chi connectivity index (χ1) is 8.43. The monoisotopic (exact) mass is 247 g/mol. The molecular weight excluding hydrogens is 222 g/mol. The third-order valence-corrected chi connectivity index (χ3v) is 3.37. The lowest BCUT2D eigenvalue weighted by Gasteiger charge is -2.16. The van der Waals surface area contributed by atoms with Crippen LogP contribution in [0.1, 0.15) is 37.0 Å². The first kappa shape index (κ1) is 14.9. The molecule has 2 nitrogen and oxygen atoms in total. The number of rotatable bonds is 6. The highest BCUT2D eigenvalue weighted by molar-refractivity contribution is 5.83. The number of Topliss-reactive ketones (excluding diaryl/α,β-unsaturated/α-hetero) is 1. The van der Waals surface area contributed by atoms with Crippen LogP contribution >= 0.6 is 0 Å². The molecule has 1 aromatic rings. The molecule has 0 fully saturated rings. The zero-order valence-corrected chi connectivity index (χ0v) is 12.0. The molecule has 2 N–H and O–H groups in total. The summed E-state index contributed by atoms with van der Waals surface area (Å²) in [6.07, 6.45) is 1.41. The molecule has 100 valence electrons. The predicted octanol–water partition coefficient (Wildman–Crippen LogP) is 3.04. The number of carbonyl (C=O) groups is 1. The van der Waals surface area contributed by atoms with Crippen molar-refractivity contribution in [1.82, 2.24) is 0 Å². The van der Waals surface area contributed by atoms with Crippen molar-refractivity contribution in [2.75, 3.05) is 6.54 Å². The maximum Gasteiger partial charge on any atom is 0.141 e. The molecule has 18 heavy (non-hydrogen) atoms. The van der Waals surface area contributed by atoms with E-state index in [1.165, 1.54) is 11.1 Å². The van der Waals surface area contributed by atoms with E-state index in [9.17, 15) is 4.79 Å². The van der Waals surface area contributed by atoms with E-state index < -0.39 is 0 Å². The van der Waals surface area contributed by atoms with Gasteiger partial charge < -0.3 is 5.73 Å². The number of nitrogens with two attached hydrogens (primary N) is 1. The zero-order valence-electron chi connectivity index (χ0n) is 12.0. The van der Waals surface area contributed by atoms with Crippen molar-refractivity contribution in [2.24, 2.45) is 17.6 Å². The van der Waals surface area contributed by atoms with Crippen molar-refractivity contribution in [3.8, 4) is 0 Å². The van der Waals surface area contributed by atoms with Crippen LogP contribution in [0, 0.1) is 25.7 Å². The van der Waals surface area contributed by atoms with Gasteiger partial charge in [-0.25, -0.2) is 0 Å². The number of aryl methyl sites for hydroxylation is 2. The highest BCUT2D eigenvalue weighted by atomic mass is 16.1. The van der Waals surface area contributed by atoms with Gasteiger partial charge in [0.2, 0.25) is 0 Å². The van der Waals surface area contributed by atoms with E-state index in [4.69, 9.17) is 5.73 Å². The molecule has 2 heteroatoms. The number of hydrogen-bond acceptors (Lipinski definition) is 2. The largest absolute Gasteiger partial charge is 0.330 e. The van der Waals surface area contributed by atoms with Gasteiger partial charge in [-0.3, -0.25) is 4.79 Å². The second-order valence-electron chi connectivity index (χ2n) is 5.64. The third-order valence-electron chi connectivity index (χ3n) is 3.37. The van der Waals surface area contributed by atoms with E-state index >= 15 is 0 Å². The molecule has 1 rings (SSSR count). The van der Waals surface area contributed by atoms with Crippen LogP contribution < -0.4 is 5.73 Å². The van der Waals surface area contributed by atoms with E-state index in [2.05, 4.69) is 45.9 Å². The molecule has 0 aliphatic rings. The lowest BCUT2D eigenvalue weighted by Crippen LogP contribution is -2.26. The summed E-state index contributed by atoms with van der Waals surface area (Å²) in [4.78, 5) is 12.3. The normalized spacial score (nSPS) is 12.8. The molecule has 0 amide bonds. The molecule has 0 aromatic heterocycles. The predicted molar refractivity (Wildman–Crippen MR) is 76.6 cm³/mol. The zero-order chi connectivity index (χ0) is 13.7. The molecule has 0 bridgehead atoms. The topological polar surface area (TPSA) is 43.1 Å². The van der Waals surface area contributed by atoms with Crippen LogP contribution in [0.3, 0.4) is 0 Å². The van der Waals surface area contributed by atoms with E-state index in [0.29, 0.717) is 18.9 Å². The molecule has 0 saturated heterocycles. The Morgan fingerprint density at radius 1 is 1.28 bits per heavy atom. The summed E-state index contributed by atoms with van der Waals surface area (Å²) < 4.78 is 0. The Morgan fingerprint density at radius 2 is 1.94 bits per heavy atom. The Bertz CT molecular complexity index is 410. The van der Waals surface area contributed by atoms with Gasteiger partial charge in [-0.05, 0) is 37.3 Å². The summed E-state index contributed by atoms with van der Waals surface area (Å²) in [5, 5.41) is 0. The summed E-state index contributed by atoms with van der Waals surface area (Å²) in [5.74, 6) is 0.797. The van der Waals surface area contributed by atoms with Gasteiger partial charge in [0.1, 0.15) is 5.78 Å². The van der Waals surface area contributed by atoms with Gasteiger partial charge in [-0.2, -0.15) is 0 Å². The Labute approximate surface area is 111 Å². The summed E-state index contributed by atoms with van der Waals surface area (Å²) in [7, 11) is 0. The van der Waals surface area contributed by atoms with Gasteiger partial charge in [-0.15, -0.1) is 0 Å². The van der Waals surface area contributed by atoms with Crippen LogP contribution in [0.5, 0.6) is 0 Å². The van der Waals surface area contributed by atoms with Crippen molar-refractivity contribution in [2.45, 2.75) is 40.5 Å². The molecule has 0 heterocycles. The quantitative estimate of drug-likeness (QED) is 0.839. The molecular formula is C16H25NO. The van der Waals surface area contributed by atoms with Gasteiger partial charge in [0.15, 0.2) is 0 Å². The van der Waals surface area contributed by atoms with Crippen LogP contribution in [-0.2, 0) is 11.2 Å². The average molecular weight is 247 g/mol. The molecule has 0 radical (unpaired) electrons. The first-order valence-electron chi connectivity index (χ1n) is 6.73. The van der Waals surface area contributed by atoms with Gasteiger partial charge in [0, 0.05) is 18.9 Å². The molecule has 1 atom stereocenters. The Kier molecular flexibility index (Phi) is 5.54. The molecule has 1 unspecified atom stereocenters. The van der Waals surface area contributed by atoms with Crippen LogP contribution in [0.2, 0.25) is 0 Å². The lowest BCUT2D eigenvalue weighted by molar-refractivity contribution is -0.122. The van der Waals surface area contributed by atoms with Crippen molar-refractivity contribution >= 4 is 5.78 Å². The number of benzene rings is 1. The average Bonchev–Trinajstić information content (AvgIpc) is 2.30. The highest BCUT2D eigenvalue weighted by Crippen LogP contribution is 2.17. The van der Waals surface area contributed by atoms with Crippen LogP contribution in [-0.4, -0.2) is 12.3 Å². The number of carbonyl (C=O) groups excluding carboxylic acids is 1. The summed E-state index contributed by atoms with van der Waals surface area (Å²) in [5.41, 5.74) is 9.26. The highest BCUT2D eigenvalue weighted by Gasteiger charge is 2.18. The minimum absolute atomic E-state index is 0.00455. The fraction of sp³-hybridized carbons (Fsp3) is 0.562. The SMILES string of the molecule is Cc1ccc(C)c(CC(=O)C(CN)CC(C)C)c1. The van der Waals surface area contributed by atoms with E-state index in [1.54, 1.807) is 0 Å². The van der Waals surface area contributed by atoms with Crippen LogP contribution in [0.25, 0.3) is 0 Å². The lowest BCUT2D eigenvalue weighted by atomic mass is 9.89. The van der Waals surface area contributed by atoms with Crippen molar-refractivity contribution in [3.05, 3.63) is 34.9 Å². The van der Waals surface area contributed by atoms with Crippen LogP contribution in [0.4, 0.5) is 0 Å². The van der Waals surface area contributed by atoms with Crippen molar-refractivity contribution < 1.29 is 4.79 Å². The van der Waals surface area contributed by atoms with Gasteiger partial charge >= 0.3 is 0 Å². The minimum atomic E-state index is 0.00455. The van der Waals surface area contributed by atoms with Gasteiger partial charge in [0.25, 0.3) is 0 Å². The Hall–Kier alpha value is -1.15. The Balaban J connectivity index is 2.76. The second kappa shape index (κ2) is 6.69. The van der Waals surface area contributed by atoms with Crippen molar-refractivity contribution in [3.63, 3.8) is 0 Å². The van der Waals surface area contributed by atoms with E-state index in [1.807, 2.05) is 0 Å². The van der Waals surface area contributed by atoms with Gasteiger partial charge in [0.05, 0.1) is 0 Å². The smallest absolute Gasteiger partial charge is 0.141 e. The maximum absolute atomic E-state index is 12.3. The second-order valence-corrected chi connectivity index (χ2v) is 5.64. The summed E-state index contributed by atoms with van der Waals surface area (Å²) in [6.45, 7) is 8.84. The molecule has 0 saturated carbocycles. The van der Waals surface area contributed by atoms with Crippen LogP contribution in [0.15, 0.2) is 18.2 Å². The fourth-order valence-electron chi connectivity index (χ4n) is 2.25. The fourth-order valence-corrected chi connectivity index (χ4v) is 2.25. The summed E-state index contributed by atoms with van der Waals surface area (Å²) in [6, 6.07) is 6.27.